The summed E-state index contributed by atoms with van der Waals surface area (Å²) in [5, 5.41) is 0. The van der Waals surface area contributed by atoms with E-state index in [2.05, 4.69) is 20.7 Å². The summed E-state index contributed by atoms with van der Waals surface area (Å²) in [7, 11) is -3.49. The summed E-state index contributed by atoms with van der Waals surface area (Å²) in [6, 6.07) is 4.66. The van der Waals surface area contributed by atoms with Gasteiger partial charge < -0.3 is 10.5 Å². The summed E-state index contributed by atoms with van der Waals surface area (Å²) < 4.78 is 32.6. The van der Waals surface area contributed by atoms with Gasteiger partial charge in [0, 0.05) is 29.9 Å². The Labute approximate surface area is 121 Å². The molecule has 106 valence electrons. The fraction of sp³-hybridized carbons (Fsp3) is 0.500. The number of anilines is 1. The molecule has 1 heterocycles. The Hall–Kier alpha value is -0.630. The van der Waals surface area contributed by atoms with E-state index in [1.807, 2.05) is 0 Å². The lowest BCUT2D eigenvalue weighted by Gasteiger charge is -2.11. The number of nitrogens with one attached hydrogen (secondary N) is 1. The van der Waals surface area contributed by atoms with Crippen molar-refractivity contribution in [2.75, 3.05) is 25.5 Å². The highest BCUT2D eigenvalue weighted by Gasteiger charge is 2.19. The Morgan fingerprint density at radius 3 is 2.89 bits per heavy atom. The van der Waals surface area contributed by atoms with Gasteiger partial charge in [-0.15, -0.1) is 0 Å². The summed E-state index contributed by atoms with van der Waals surface area (Å²) >= 11 is 3.22. The first-order valence-corrected chi connectivity index (χ1v) is 8.39. The Balaban J connectivity index is 1.97. The van der Waals surface area contributed by atoms with Gasteiger partial charge in [0.25, 0.3) is 0 Å². The normalized spacial score (nSPS) is 19.7. The molecule has 1 aliphatic rings. The van der Waals surface area contributed by atoms with Crippen molar-refractivity contribution in [1.82, 2.24) is 4.72 Å². The number of rotatable bonds is 5. The molecule has 0 saturated carbocycles. The fourth-order valence-corrected chi connectivity index (χ4v) is 4.16. The third-order valence-corrected chi connectivity index (χ3v) is 5.55. The molecule has 1 aromatic rings. The summed E-state index contributed by atoms with van der Waals surface area (Å²) in [5.41, 5.74) is 6.12. The maximum Gasteiger partial charge on any atom is 0.241 e. The number of ether oxygens (including phenoxy) is 1. The van der Waals surface area contributed by atoms with Crippen LogP contribution in [-0.2, 0) is 14.8 Å². The molecule has 0 spiro atoms. The van der Waals surface area contributed by atoms with E-state index in [1.165, 1.54) is 6.07 Å². The molecule has 3 N–H and O–H groups in total. The Morgan fingerprint density at radius 1 is 1.47 bits per heavy atom. The second-order valence-corrected chi connectivity index (χ2v) is 7.20. The SMILES string of the molecule is Nc1ccc(S(=O)(=O)NCCC2CCOC2)c(Br)c1. The second kappa shape index (κ2) is 6.21. The van der Waals surface area contributed by atoms with Crippen molar-refractivity contribution in [3.8, 4) is 0 Å². The smallest absolute Gasteiger partial charge is 0.241 e. The zero-order valence-corrected chi connectivity index (χ0v) is 12.8. The van der Waals surface area contributed by atoms with Gasteiger partial charge in [0.1, 0.15) is 0 Å². The van der Waals surface area contributed by atoms with Crippen LogP contribution in [0.15, 0.2) is 27.6 Å². The average Bonchev–Trinajstić information content (AvgIpc) is 2.81. The Bertz CT molecular complexity index is 542. The van der Waals surface area contributed by atoms with Crippen molar-refractivity contribution in [3.63, 3.8) is 0 Å². The molecule has 0 aliphatic carbocycles. The van der Waals surface area contributed by atoms with Crippen LogP contribution >= 0.6 is 15.9 Å². The summed E-state index contributed by atoms with van der Waals surface area (Å²) in [6.07, 6.45) is 1.80. The predicted molar refractivity (Wildman–Crippen MR) is 77.3 cm³/mol. The zero-order chi connectivity index (χ0) is 13.9. The molecule has 0 aromatic heterocycles. The summed E-state index contributed by atoms with van der Waals surface area (Å²) in [6.45, 7) is 1.93. The topological polar surface area (TPSA) is 81.4 Å². The molecular formula is C12H17BrN2O3S. The maximum atomic E-state index is 12.1. The molecule has 1 atom stereocenters. The van der Waals surface area contributed by atoms with Gasteiger partial charge in [0.15, 0.2) is 0 Å². The molecule has 7 heteroatoms. The number of nitrogens with two attached hydrogens (primary N) is 1. The lowest BCUT2D eigenvalue weighted by atomic mass is 10.1. The van der Waals surface area contributed by atoms with Gasteiger partial charge in [-0.3, -0.25) is 0 Å². The maximum absolute atomic E-state index is 12.1. The lowest BCUT2D eigenvalue weighted by Crippen LogP contribution is -2.26. The van der Waals surface area contributed by atoms with Crippen LogP contribution in [0.3, 0.4) is 0 Å². The Kier molecular flexibility index (Phi) is 4.83. The number of nitrogen functional groups attached to an aromatic ring is 1. The number of hydrogen-bond donors (Lipinski definition) is 2. The van der Waals surface area contributed by atoms with Gasteiger partial charge >= 0.3 is 0 Å². The largest absolute Gasteiger partial charge is 0.399 e. The number of halogens is 1. The van der Waals surface area contributed by atoms with Crippen molar-refractivity contribution in [1.29, 1.82) is 0 Å². The third kappa shape index (κ3) is 3.92. The average molecular weight is 349 g/mol. The van der Waals surface area contributed by atoms with E-state index in [-0.39, 0.29) is 4.90 Å². The molecule has 0 amide bonds. The Morgan fingerprint density at radius 2 is 2.26 bits per heavy atom. The molecular weight excluding hydrogens is 332 g/mol. The molecule has 1 saturated heterocycles. The first-order chi connectivity index (χ1) is 8.99. The van der Waals surface area contributed by atoms with Crippen molar-refractivity contribution >= 4 is 31.6 Å². The van der Waals surface area contributed by atoms with Crippen LogP contribution in [0.1, 0.15) is 12.8 Å². The molecule has 1 unspecified atom stereocenters. The van der Waals surface area contributed by atoms with Crippen LogP contribution in [0.2, 0.25) is 0 Å². The molecule has 0 radical (unpaired) electrons. The first kappa shape index (κ1) is 14.8. The molecule has 5 nitrogen and oxygen atoms in total. The van der Waals surface area contributed by atoms with Crippen molar-refractivity contribution in [2.24, 2.45) is 5.92 Å². The highest BCUT2D eigenvalue weighted by Crippen LogP contribution is 2.24. The van der Waals surface area contributed by atoms with Crippen LogP contribution < -0.4 is 10.5 Å². The molecule has 1 fully saturated rings. The molecule has 1 aliphatic heterocycles. The van der Waals surface area contributed by atoms with Crippen LogP contribution in [0, 0.1) is 5.92 Å². The van der Waals surface area contributed by atoms with Gasteiger partial charge in [0.05, 0.1) is 4.90 Å². The zero-order valence-electron chi connectivity index (χ0n) is 10.4. The van der Waals surface area contributed by atoms with E-state index in [0.717, 1.165) is 26.1 Å². The quantitative estimate of drug-likeness (QED) is 0.794. The monoisotopic (exact) mass is 348 g/mol. The predicted octanol–water partition coefficient (Wildman–Crippen LogP) is 1.74. The van der Waals surface area contributed by atoms with Gasteiger partial charge in [0.2, 0.25) is 10.0 Å². The van der Waals surface area contributed by atoms with E-state index in [0.29, 0.717) is 22.6 Å². The van der Waals surface area contributed by atoms with Gasteiger partial charge in [-0.05, 0) is 52.9 Å². The van der Waals surface area contributed by atoms with Crippen LogP contribution in [0.25, 0.3) is 0 Å². The van der Waals surface area contributed by atoms with Crippen molar-refractivity contribution < 1.29 is 13.2 Å². The van der Waals surface area contributed by atoms with Gasteiger partial charge in [-0.2, -0.15) is 0 Å². The fourth-order valence-electron chi connectivity index (χ4n) is 2.02. The summed E-state index contributed by atoms with van der Waals surface area (Å²) in [5.74, 6) is 0.456. The highest BCUT2D eigenvalue weighted by atomic mass is 79.9. The van der Waals surface area contributed by atoms with Gasteiger partial charge in [-0.1, -0.05) is 0 Å². The van der Waals surface area contributed by atoms with E-state index in [9.17, 15) is 8.42 Å². The molecule has 1 aromatic carbocycles. The minimum atomic E-state index is -3.49. The lowest BCUT2D eigenvalue weighted by molar-refractivity contribution is 0.184. The minimum Gasteiger partial charge on any atom is -0.399 e. The van der Waals surface area contributed by atoms with Crippen LogP contribution in [0.4, 0.5) is 5.69 Å². The van der Waals surface area contributed by atoms with Crippen LogP contribution in [-0.4, -0.2) is 28.2 Å². The number of sulfonamides is 1. The molecule has 2 rings (SSSR count). The third-order valence-electron chi connectivity index (χ3n) is 3.11. The first-order valence-electron chi connectivity index (χ1n) is 6.11. The van der Waals surface area contributed by atoms with Crippen molar-refractivity contribution in [3.05, 3.63) is 22.7 Å². The summed E-state index contributed by atoms with van der Waals surface area (Å²) in [4.78, 5) is 0.212. The minimum absolute atomic E-state index is 0.212. The number of benzene rings is 1. The highest BCUT2D eigenvalue weighted by molar-refractivity contribution is 9.10. The van der Waals surface area contributed by atoms with Gasteiger partial charge in [-0.25, -0.2) is 13.1 Å². The molecule has 19 heavy (non-hydrogen) atoms. The van der Waals surface area contributed by atoms with E-state index in [4.69, 9.17) is 10.5 Å². The van der Waals surface area contributed by atoms with Crippen LogP contribution in [0.5, 0.6) is 0 Å². The molecule has 0 bridgehead atoms. The second-order valence-electron chi connectivity index (χ2n) is 4.61. The van der Waals surface area contributed by atoms with Crippen molar-refractivity contribution in [2.45, 2.75) is 17.7 Å². The number of hydrogen-bond acceptors (Lipinski definition) is 4. The van der Waals surface area contributed by atoms with E-state index in [1.54, 1.807) is 12.1 Å². The van der Waals surface area contributed by atoms with E-state index < -0.39 is 10.0 Å². The van der Waals surface area contributed by atoms with E-state index >= 15 is 0 Å². The standard InChI is InChI=1S/C12H17BrN2O3S/c13-11-7-10(14)1-2-12(11)19(16,17)15-5-3-9-4-6-18-8-9/h1-2,7,9,15H,3-6,8,14H2.